The Morgan fingerprint density at radius 2 is 2.21 bits per heavy atom. The van der Waals surface area contributed by atoms with Gasteiger partial charge in [0.2, 0.25) is 0 Å². The van der Waals surface area contributed by atoms with Gasteiger partial charge in [-0.05, 0) is 6.07 Å². The molecule has 3 nitrogen and oxygen atoms in total. The first-order valence-electron chi connectivity index (χ1n) is 5.75. The number of halogens is 2. The molecule has 0 fully saturated rings. The van der Waals surface area contributed by atoms with Crippen molar-refractivity contribution in [1.29, 1.82) is 0 Å². The summed E-state index contributed by atoms with van der Waals surface area (Å²) in [6, 6.07) is 3.43. The molecule has 0 saturated carbocycles. The van der Waals surface area contributed by atoms with Gasteiger partial charge in [-0.1, -0.05) is 12.1 Å². The summed E-state index contributed by atoms with van der Waals surface area (Å²) in [6.45, 7) is 0. The molecule has 6 heteroatoms. The van der Waals surface area contributed by atoms with Crippen molar-refractivity contribution >= 4 is 16.3 Å². The van der Waals surface area contributed by atoms with Gasteiger partial charge in [-0.2, -0.15) is 0 Å². The van der Waals surface area contributed by atoms with Crippen LogP contribution in [0.4, 0.5) is 8.78 Å². The van der Waals surface area contributed by atoms with E-state index in [4.69, 9.17) is 5.73 Å². The van der Waals surface area contributed by atoms with E-state index in [9.17, 15) is 8.78 Å². The van der Waals surface area contributed by atoms with Crippen LogP contribution in [0.25, 0.3) is 4.96 Å². The molecule has 0 aliphatic rings. The quantitative estimate of drug-likeness (QED) is 0.801. The summed E-state index contributed by atoms with van der Waals surface area (Å²) in [4.78, 5) is 5.24. The molecule has 0 aliphatic carbocycles. The lowest BCUT2D eigenvalue weighted by Crippen LogP contribution is -2.15. The van der Waals surface area contributed by atoms with Crippen molar-refractivity contribution in [3.8, 4) is 0 Å². The number of fused-ring (bicyclic) bond motifs is 1. The molecule has 0 saturated heterocycles. The van der Waals surface area contributed by atoms with Crippen molar-refractivity contribution in [2.45, 2.75) is 12.5 Å². The molecule has 0 radical (unpaired) electrons. The van der Waals surface area contributed by atoms with E-state index in [2.05, 4.69) is 4.98 Å². The first-order chi connectivity index (χ1) is 9.15. The van der Waals surface area contributed by atoms with Crippen molar-refractivity contribution in [3.05, 3.63) is 58.9 Å². The third-order valence-corrected chi connectivity index (χ3v) is 3.72. The van der Waals surface area contributed by atoms with Crippen molar-refractivity contribution in [2.75, 3.05) is 0 Å². The number of benzene rings is 1. The number of hydrogen-bond acceptors (Lipinski definition) is 3. The summed E-state index contributed by atoms with van der Waals surface area (Å²) in [5, 5.41) is 1.93. The molecule has 2 heterocycles. The first kappa shape index (κ1) is 12.3. The van der Waals surface area contributed by atoms with Gasteiger partial charge < -0.3 is 5.73 Å². The second kappa shape index (κ2) is 4.71. The Kier molecular flexibility index (Phi) is 3.04. The molecule has 3 rings (SSSR count). The van der Waals surface area contributed by atoms with Gasteiger partial charge in [-0.3, -0.25) is 4.40 Å². The fourth-order valence-electron chi connectivity index (χ4n) is 2.02. The second-order valence-corrected chi connectivity index (χ2v) is 5.15. The molecule has 0 spiro atoms. The van der Waals surface area contributed by atoms with E-state index in [1.165, 1.54) is 23.5 Å². The maximum Gasteiger partial charge on any atom is 0.193 e. The molecule has 19 heavy (non-hydrogen) atoms. The molecule has 0 aliphatic heterocycles. The van der Waals surface area contributed by atoms with Crippen LogP contribution in [0.5, 0.6) is 0 Å². The molecule has 3 aromatic rings. The van der Waals surface area contributed by atoms with Gasteiger partial charge in [0.25, 0.3) is 0 Å². The Hall–Kier alpha value is -1.79. The Morgan fingerprint density at radius 3 is 3.00 bits per heavy atom. The predicted octanol–water partition coefficient (Wildman–Crippen LogP) is 2.92. The molecular formula is C13H11F2N3S. The minimum absolute atomic E-state index is 0.177. The zero-order chi connectivity index (χ0) is 13.4. The highest BCUT2D eigenvalue weighted by Gasteiger charge is 2.16. The normalized spacial score (nSPS) is 13.0. The summed E-state index contributed by atoms with van der Waals surface area (Å²) >= 11 is 1.51. The van der Waals surface area contributed by atoms with E-state index in [0.29, 0.717) is 6.42 Å². The average Bonchev–Trinajstić information content (AvgIpc) is 2.93. The zero-order valence-electron chi connectivity index (χ0n) is 9.88. The topological polar surface area (TPSA) is 43.3 Å². The van der Waals surface area contributed by atoms with Crippen LogP contribution in [0.3, 0.4) is 0 Å². The van der Waals surface area contributed by atoms with Crippen molar-refractivity contribution in [2.24, 2.45) is 5.73 Å². The standard InChI is InChI=1S/C13H11F2N3S/c14-10-3-1-2-9(12(10)15)11(16)6-8-7-18-4-5-19-13(18)17-8/h1-5,7,11H,6,16H2. The Bertz CT molecular complexity index is 691. The van der Waals surface area contributed by atoms with Gasteiger partial charge in [0.1, 0.15) is 0 Å². The van der Waals surface area contributed by atoms with Crippen LogP contribution in [-0.4, -0.2) is 9.38 Å². The first-order valence-corrected chi connectivity index (χ1v) is 6.63. The van der Waals surface area contributed by atoms with Crippen LogP contribution in [0, 0.1) is 11.6 Å². The van der Waals surface area contributed by atoms with Crippen LogP contribution in [-0.2, 0) is 6.42 Å². The fourth-order valence-corrected chi connectivity index (χ4v) is 2.74. The molecular weight excluding hydrogens is 268 g/mol. The van der Waals surface area contributed by atoms with Crippen LogP contribution in [0.1, 0.15) is 17.3 Å². The minimum Gasteiger partial charge on any atom is -0.324 e. The summed E-state index contributed by atoms with van der Waals surface area (Å²) in [7, 11) is 0. The number of aromatic nitrogens is 2. The highest BCUT2D eigenvalue weighted by atomic mass is 32.1. The van der Waals surface area contributed by atoms with E-state index >= 15 is 0 Å². The zero-order valence-corrected chi connectivity index (χ0v) is 10.7. The summed E-state index contributed by atoms with van der Waals surface area (Å²) < 4.78 is 28.7. The molecule has 1 unspecified atom stereocenters. The monoisotopic (exact) mass is 279 g/mol. The van der Waals surface area contributed by atoms with Crippen LogP contribution >= 0.6 is 11.3 Å². The van der Waals surface area contributed by atoms with E-state index in [1.807, 2.05) is 22.2 Å². The van der Waals surface area contributed by atoms with Gasteiger partial charge in [0.15, 0.2) is 16.6 Å². The molecule has 2 aromatic heterocycles. The van der Waals surface area contributed by atoms with E-state index in [1.54, 1.807) is 0 Å². The highest BCUT2D eigenvalue weighted by Crippen LogP contribution is 2.21. The molecule has 98 valence electrons. The molecule has 1 aromatic carbocycles. The number of rotatable bonds is 3. The molecule has 0 amide bonds. The molecule has 0 bridgehead atoms. The summed E-state index contributed by atoms with van der Waals surface area (Å²) in [6.07, 6.45) is 4.11. The number of imidazole rings is 1. The van der Waals surface area contributed by atoms with Crippen LogP contribution in [0.15, 0.2) is 36.0 Å². The fraction of sp³-hybridized carbons (Fsp3) is 0.154. The summed E-state index contributed by atoms with van der Waals surface area (Å²) in [5.41, 5.74) is 6.88. The SMILES string of the molecule is NC(Cc1cn2ccsc2n1)c1cccc(F)c1F. The maximum absolute atomic E-state index is 13.6. The van der Waals surface area contributed by atoms with E-state index < -0.39 is 17.7 Å². The van der Waals surface area contributed by atoms with E-state index in [0.717, 1.165) is 16.7 Å². The number of nitrogens with two attached hydrogens (primary N) is 1. The third kappa shape index (κ3) is 2.24. The number of nitrogens with zero attached hydrogens (tertiary/aromatic N) is 2. The predicted molar refractivity (Wildman–Crippen MR) is 70.1 cm³/mol. The van der Waals surface area contributed by atoms with Gasteiger partial charge in [-0.15, -0.1) is 11.3 Å². The van der Waals surface area contributed by atoms with Crippen molar-refractivity contribution in [1.82, 2.24) is 9.38 Å². The van der Waals surface area contributed by atoms with E-state index in [-0.39, 0.29) is 5.56 Å². The Labute approximate surface area is 112 Å². The average molecular weight is 279 g/mol. The van der Waals surface area contributed by atoms with Crippen molar-refractivity contribution in [3.63, 3.8) is 0 Å². The lowest BCUT2D eigenvalue weighted by atomic mass is 10.0. The highest BCUT2D eigenvalue weighted by molar-refractivity contribution is 7.15. The van der Waals surface area contributed by atoms with Gasteiger partial charge in [0.05, 0.1) is 5.69 Å². The molecule has 2 N–H and O–H groups in total. The lowest BCUT2D eigenvalue weighted by Gasteiger charge is -2.11. The smallest absolute Gasteiger partial charge is 0.193 e. The van der Waals surface area contributed by atoms with Gasteiger partial charge in [0, 0.05) is 35.8 Å². The maximum atomic E-state index is 13.6. The number of thiazole rings is 1. The lowest BCUT2D eigenvalue weighted by molar-refractivity contribution is 0.487. The minimum atomic E-state index is -0.879. The van der Waals surface area contributed by atoms with Crippen LogP contribution in [0.2, 0.25) is 0 Å². The van der Waals surface area contributed by atoms with Gasteiger partial charge in [-0.25, -0.2) is 13.8 Å². The Balaban J connectivity index is 1.86. The summed E-state index contributed by atoms with van der Waals surface area (Å²) in [5.74, 6) is -1.75. The molecule has 1 atom stereocenters. The third-order valence-electron chi connectivity index (χ3n) is 2.95. The van der Waals surface area contributed by atoms with Crippen LogP contribution < -0.4 is 5.73 Å². The largest absolute Gasteiger partial charge is 0.324 e. The Morgan fingerprint density at radius 1 is 1.37 bits per heavy atom. The second-order valence-electron chi connectivity index (χ2n) is 4.28. The van der Waals surface area contributed by atoms with Gasteiger partial charge >= 0.3 is 0 Å². The number of hydrogen-bond donors (Lipinski definition) is 1. The van der Waals surface area contributed by atoms with Crippen molar-refractivity contribution < 1.29 is 8.78 Å².